The van der Waals surface area contributed by atoms with Crippen molar-refractivity contribution in [3.8, 4) is 0 Å². The van der Waals surface area contributed by atoms with Gasteiger partial charge in [-0.2, -0.15) is 0 Å². The van der Waals surface area contributed by atoms with Gasteiger partial charge in [-0.25, -0.2) is 9.59 Å². The smallest absolute Gasteiger partial charge is 0.338 e. The molecule has 3 rings (SSSR count). The summed E-state index contributed by atoms with van der Waals surface area (Å²) in [5.41, 5.74) is 2.83. The Balaban J connectivity index is 1.59. The second-order valence-corrected chi connectivity index (χ2v) is 6.51. The Hall–Kier alpha value is -3.15. The van der Waals surface area contributed by atoms with E-state index in [2.05, 4.69) is 0 Å². The van der Waals surface area contributed by atoms with Gasteiger partial charge < -0.3 is 14.2 Å². The van der Waals surface area contributed by atoms with Gasteiger partial charge in [-0.3, -0.25) is 4.79 Å². The summed E-state index contributed by atoms with van der Waals surface area (Å²) < 4.78 is 15.8. The molecule has 1 heterocycles. The highest BCUT2D eigenvalue weighted by Gasteiger charge is 2.39. The summed E-state index contributed by atoms with van der Waals surface area (Å²) in [5, 5.41) is 0. The van der Waals surface area contributed by atoms with Crippen LogP contribution in [0.25, 0.3) is 0 Å². The molecule has 2 aromatic rings. The predicted molar refractivity (Wildman–Crippen MR) is 96.3 cm³/mol. The van der Waals surface area contributed by atoms with Gasteiger partial charge in [-0.15, -0.1) is 0 Å². The molecule has 27 heavy (non-hydrogen) atoms. The van der Waals surface area contributed by atoms with Crippen molar-refractivity contribution in [2.75, 3.05) is 6.61 Å². The SMILES string of the molecule is Cc1ccc(C(=O)OC[C@H]2OC(=O)C[C@@H]2OC(=O)c2ccc(C)cc2)cc1. The summed E-state index contributed by atoms with van der Waals surface area (Å²) in [6.07, 6.45) is -1.68. The number of cyclic esters (lactones) is 1. The van der Waals surface area contributed by atoms with Gasteiger partial charge in [0.15, 0.2) is 12.2 Å². The molecule has 140 valence electrons. The van der Waals surface area contributed by atoms with Crippen LogP contribution in [-0.2, 0) is 19.0 Å². The zero-order valence-electron chi connectivity index (χ0n) is 15.1. The Bertz CT molecular complexity index is 838. The quantitative estimate of drug-likeness (QED) is 0.596. The summed E-state index contributed by atoms with van der Waals surface area (Å²) in [6, 6.07) is 13.8. The molecule has 0 radical (unpaired) electrons. The summed E-state index contributed by atoms with van der Waals surface area (Å²) in [7, 11) is 0. The number of hydrogen-bond acceptors (Lipinski definition) is 6. The van der Waals surface area contributed by atoms with Crippen molar-refractivity contribution in [3.05, 3.63) is 70.8 Å². The third-order valence-electron chi connectivity index (χ3n) is 4.28. The summed E-state index contributed by atoms with van der Waals surface area (Å²) in [4.78, 5) is 36.0. The lowest BCUT2D eigenvalue weighted by atomic mass is 10.1. The molecule has 0 saturated carbocycles. The minimum absolute atomic E-state index is 0.0651. The molecule has 0 N–H and O–H groups in total. The van der Waals surface area contributed by atoms with E-state index in [-0.39, 0.29) is 13.0 Å². The van der Waals surface area contributed by atoms with E-state index in [9.17, 15) is 14.4 Å². The maximum atomic E-state index is 12.3. The fourth-order valence-corrected chi connectivity index (χ4v) is 2.67. The number of ether oxygens (including phenoxy) is 3. The number of carbonyl (C=O) groups is 3. The minimum Gasteiger partial charge on any atom is -0.458 e. The molecule has 0 spiro atoms. The maximum absolute atomic E-state index is 12.3. The monoisotopic (exact) mass is 368 g/mol. The van der Waals surface area contributed by atoms with Crippen LogP contribution in [0.15, 0.2) is 48.5 Å². The van der Waals surface area contributed by atoms with E-state index in [1.54, 1.807) is 48.5 Å². The summed E-state index contributed by atoms with van der Waals surface area (Å²) in [5.74, 6) is -1.57. The van der Waals surface area contributed by atoms with Crippen LogP contribution in [0.1, 0.15) is 38.3 Å². The first-order valence-electron chi connectivity index (χ1n) is 8.63. The van der Waals surface area contributed by atoms with Crippen molar-refractivity contribution in [1.82, 2.24) is 0 Å². The molecule has 0 bridgehead atoms. The van der Waals surface area contributed by atoms with Crippen molar-refractivity contribution in [1.29, 1.82) is 0 Å². The van der Waals surface area contributed by atoms with E-state index in [0.717, 1.165) is 11.1 Å². The molecule has 2 atom stereocenters. The van der Waals surface area contributed by atoms with Crippen LogP contribution >= 0.6 is 0 Å². The van der Waals surface area contributed by atoms with Gasteiger partial charge in [0.1, 0.15) is 6.61 Å². The Morgan fingerprint density at radius 3 is 2.00 bits per heavy atom. The highest BCUT2D eigenvalue weighted by Crippen LogP contribution is 2.21. The summed E-state index contributed by atoms with van der Waals surface area (Å²) >= 11 is 0. The van der Waals surface area contributed by atoms with Crippen LogP contribution in [0.2, 0.25) is 0 Å². The Labute approximate surface area is 157 Å². The van der Waals surface area contributed by atoms with Crippen LogP contribution in [0.3, 0.4) is 0 Å². The van der Waals surface area contributed by atoms with Crippen LogP contribution in [-0.4, -0.2) is 36.7 Å². The lowest BCUT2D eigenvalue weighted by Crippen LogP contribution is -2.32. The highest BCUT2D eigenvalue weighted by molar-refractivity contribution is 5.90. The lowest BCUT2D eigenvalue weighted by molar-refractivity contribution is -0.143. The average Bonchev–Trinajstić information content (AvgIpc) is 3.00. The van der Waals surface area contributed by atoms with Crippen molar-refractivity contribution >= 4 is 17.9 Å². The van der Waals surface area contributed by atoms with Gasteiger partial charge in [0, 0.05) is 0 Å². The van der Waals surface area contributed by atoms with Crippen LogP contribution in [0.5, 0.6) is 0 Å². The second kappa shape index (κ2) is 8.03. The van der Waals surface area contributed by atoms with Gasteiger partial charge in [-0.05, 0) is 38.1 Å². The van der Waals surface area contributed by atoms with Gasteiger partial charge in [-0.1, -0.05) is 35.4 Å². The van der Waals surface area contributed by atoms with E-state index < -0.39 is 30.1 Å². The van der Waals surface area contributed by atoms with Crippen LogP contribution < -0.4 is 0 Å². The lowest BCUT2D eigenvalue weighted by Gasteiger charge is -2.18. The van der Waals surface area contributed by atoms with Gasteiger partial charge in [0.05, 0.1) is 17.5 Å². The highest BCUT2D eigenvalue weighted by atomic mass is 16.6. The molecule has 1 aliphatic rings. The molecule has 1 saturated heterocycles. The number of benzene rings is 2. The molecule has 6 nitrogen and oxygen atoms in total. The van der Waals surface area contributed by atoms with Crippen molar-refractivity contribution in [2.24, 2.45) is 0 Å². The third kappa shape index (κ3) is 4.73. The first kappa shape index (κ1) is 18.6. The first-order chi connectivity index (χ1) is 12.9. The molecule has 1 aliphatic heterocycles. The summed E-state index contributed by atoms with van der Waals surface area (Å²) in [6.45, 7) is 3.65. The maximum Gasteiger partial charge on any atom is 0.338 e. The zero-order chi connectivity index (χ0) is 19.4. The normalized spacial score (nSPS) is 18.7. The number of esters is 3. The Kier molecular flexibility index (Phi) is 5.54. The molecule has 0 amide bonds. The van der Waals surface area contributed by atoms with E-state index in [4.69, 9.17) is 14.2 Å². The average molecular weight is 368 g/mol. The largest absolute Gasteiger partial charge is 0.458 e. The molecule has 2 aromatic carbocycles. The van der Waals surface area contributed by atoms with Crippen LogP contribution in [0, 0.1) is 13.8 Å². The Morgan fingerprint density at radius 1 is 0.926 bits per heavy atom. The van der Waals surface area contributed by atoms with E-state index >= 15 is 0 Å². The topological polar surface area (TPSA) is 78.9 Å². The van der Waals surface area contributed by atoms with Gasteiger partial charge in [0.2, 0.25) is 0 Å². The van der Waals surface area contributed by atoms with Crippen molar-refractivity contribution in [3.63, 3.8) is 0 Å². The fraction of sp³-hybridized carbons (Fsp3) is 0.286. The van der Waals surface area contributed by atoms with Crippen molar-refractivity contribution in [2.45, 2.75) is 32.5 Å². The molecular weight excluding hydrogens is 348 g/mol. The molecule has 6 heteroatoms. The zero-order valence-corrected chi connectivity index (χ0v) is 15.1. The molecular formula is C21H20O6. The van der Waals surface area contributed by atoms with E-state index in [1.807, 2.05) is 13.8 Å². The van der Waals surface area contributed by atoms with E-state index in [0.29, 0.717) is 11.1 Å². The second-order valence-electron chi connectivity index (χ2n) is 6.51. The van der Waals surface area contributed by atoms with Gasteiger partial charge in [0.25, 0.3) is 0 Å². The number of rotatable bonds is 5. The number of hydrogen-bond donors (Lipinski definition) is 0. The standard InChI is InChI=1S/C21H20O6/c1-13-3-7-15(8-4-13)20(23)25-12-18-17(11-19(22)26-18)27-21(24)16-9-5-14(2)6-10-16/h3-10,17-18H,11-12H2,1-2H3/t17-,18+/m0/s1. The molecule has 1 fully saturated rings. The van der Waals surface area contributed by atoms with Crippen LogP contribution in [0.4, 0.5) is 0 Å². The number of aryl methyl sites for hydroxylation is 2. The third-order valence-corrected chi connectivity index (χ3v) is 4.28. The minimum atomic E-state index is -0.818. The molecule has 0 unspecified atom stereocenters. The number of carbonyl (C=O) groups excluding carboxylic acids is 3. The van der Waals surface area contributed by atoms with E-state index in [1.165, 1.54) is 0 Å². The molecule has 0 aromatic heterocycles. The van der Waals surface area contributed by atoms with Gasteiger partial charge >= 0.3 is 17.9 Å². The predicted octanol–water partition coefficient (Wildman–Crippen LogP) is 3.00. The first-order valence-corrected chi connectivity index (χ1v) is 8.63. The van der Waals surface area contributed by atoms with Crippen molar-refractivity contribution < 1.29 is 28.6 Å². The Morgan fingerprint density at radius 2 is 1.44 bits per heavy atom. The molecule has 0 aliphatic carbocycles. The fourth-order valence-electron chi connectivity index (χ4n) is 2.67.